The number of rotatable bonds is 7. The highest BCUT2D eigenvalue weighted by Crippen LogP contribution is 2.41. The van der Waals surface area contributed by atoms with Crippen molar-refractivity contribution in [1.29, 1.82) is 0 Å². The van der Waals surface area contributed by atoms with Crippen LogP contribution in [-0.2, 0) is 12.8 Å². The van der Waals surface area contributed by atoms with E-state index in [0.717, 1.165) is 51.6 Å². The second-order valence-electron chi connectivity index (χ2n) is 7.96. The Morgan fingerprint density at radius 2 is 1.97 bits per heavy atom. The fraction of sp³-hybridized carbons (Fsp3) is 0.185. The number of furan rings is 1. The summed E-state index contributed by atoms with van der Waals surface area (Å²) in [5, 5.41) is 4.64. The molecule has 0 saturated carbocycles. The van der Waals surface area contributed by atoms with Crippen molar-refractivity contribution in [3.63, 3.8) is 0 Å². The zero-order chi connectivity index (χ0) is 22.8. The lowest BCUT2D eigenvalue weighted by Crippen LogP contribution is -2.24. The number of carbonyl (C=O) groups excluding carboxylic acids is 1. The zero-order valence-electron chi connectivity index (χ0n) is 18.2. The number of amides is 1. The van der Waals surface area contributed by atoms with E-state index in [1.165, 1.54) is 29.0 Å². The molecule has 3 heterocycles. The fourth-order valence-electron chi connectivity index (χ4n) is 4.06. The molecule has 0 fully saturated rings. The predicted molar refractivity (Wildman–Crippen MR) is 131 cm³/mol. The maximum absolute atomic E-state index is 14.0. The Hall–Kier alpha value is -3.51. The number of halogens is 1. The van der Waals surface area contributed by atoms with Gasteiger partial charge in [-0.25, -0.2) is 4.39 Å². The molecule has 33 heavy (non-hydrogen) atoms. The first-order chi connectivity index (χ1) is 16.1. The van der Waals surface area contributed by atoms with Crippen LogP contribution in [0.5, 0.6) is 0 Å². The first-order valence-corrected chi connectivity index (χ1v) is 11.9. The average Bonchev–Trinajstić information content (AvgIpc) is 3.50. The summed E-state index contributed by atoms with van der Waals surface area (Å²) in [7, 11) is 0. The molecule has 3 aromatic heterocycles. The number of fused-ring (bicyclic) bond motifs is 3. The largest absolute Gasteiger partial charge is 0.469 e. The van der Waals surface area contributed by atoms with E-state index in [0.29, 0.717) is 16.9 Å². The maximum atomic E-state index is 14.0. The van der Waals surface area contributed by atoms with Crippen molar-refractivity contribution in [2.45, 2.75) is 26.2 Å². The van der Waals surface area contributed by atoms with Crippen LogP contribution >= 0.6 is 11.3 Å². The third kappa shape index (κ3) is 4.26. The molecule has 166 valence electrons. The van der Waals surface area contributed by atoms with Crippen LogP contribution in [0.25, 0.3) is 32.1 Å². The first kappa shape index (κ1) is 21.3. The van der Waals surface area contributed by atoms with Gasteiger partial charge in [0.25, 0.3) is 5.91 Å². The van der Waals surface area contributed by atoms with E-state index < -0.39 is 0 Å². The van der Waals surface area contributed by atoms with Gasteiger partial charge in [-0.05, 0) is 54.3 Å². The van der Waals surface area contributed by atoms with Crippen LogP contribution in [0.1, 0.15) is 34.3 Å². The number of thiophene rings is 1. The van der Waals surface area contributed by atoms with Crippen molar-refractivity contribution in [2.75, 3.05) is 6.54 Å². The lowest BCUT2D eigenvalue weighted by Gasteiger charge is -2.08. The minimum absolute atomic E-state index is 0.130. The minimum atomic E-state index is -0.317. The van der Waals surface area contributed by atoms with Crippen molar-refractivity contribution in [3.8, 4) is 11.1 Å². The number of carbonyl (C=O) groups is 1. The third-order valence-corrected chi connectivity index (χ3v) is 7.04. The molecule has 0 atom stereocenters. The van der Waals surface area contributed by atoms with Crippen LogP contribution in [0, 0.1) is 5.82 Å². The van der Waals surface area contributed by atoms with E-state index in [1.807, 2.05) is 24.3 Å². The van der Waals surface area contributed by atoms with E-state index in [-0.39, 0.29) is 11.7 Å². The van der Waals surface area contributed by atoms with Crippen molar-refractivity contribution in [2.24, 2.45) is 0 Å². The molecule has 0 aliphatic rings. The van der Waals surface area contributed by atoms with E-state index in [2.05, 4.69) is 29.4 Å². The molecule has 0 saturated heterocycles. The number of hydrogen-bond donors (Lipinski definition) is 1. The van der Waals surface area contributed by atoms with Gasteiger partial charge in [-0.3, -0.25) is 9.78 Å². The summed E-state index contributed by atoms with van der Waals surface area (Å²) in [5.74, 6) is 0.458. The Bertz CT molecular complexity index is 1420. The summed E-state index contributed by atoms with van der Waals surface area (Å²) in [6, 6.07) is 16.6. The molecule has 4 nitrogen and oxygen atoms in total. The third-order valence-electron chi connectivity index (χ3n) is 5.80. The Morgan fingerprint density at radius 1 is 1.12 bits per heavy atom. The van der Waals surface area contributed by atoms with Gasteiger partial charge in [-0.15, -0.1) is 11.3 Å². The highest BCUT2D eigenvalue weighted by Gasteiger charge is 2.21. The van der Waals surface area contributed by atoms with Crippen LogP contribution < -0.4 is 5.32 Å². The highest BCUT2D eigenvalue weighted by atomic mass is 32.1. The number of pyridine rings is 1. The Kier molecular flexibility index (Phi) is 5.92. The second-order valence-corrected chi connectivity index (χ2v) is 8.98. The van der Waals surface area contributed by atoms with Crippen LogP contribution in [0.3, 0.4) is 0 Å². The maximum Gasteiger partial charge on any atom is 0.262 e. The molecule has 1 amide bonds. The molecular formula is C27H23FN2O2S. The molecule has 6 heteroatoms. The first-order valence-electron chi connectivity index (χ1n) is 11.0. The minimum Gasteiger partial charge on any atom is -0.469 e. The average molecular weight is 459 g/mol. The van der Waals surface area contributed by atoms with Crippen molar-refractivity contribution < 1.29 is 13.6 Å². The molecular weight excluding hydrogens is 435 g/mol. The second kappa shape index (κ2) is 9.16. The van der Waals surface area contributed by atoms with Crippen LogP contribution in [-0.4, -0.2) is 17.4 Å². The smallest absolute Gasteiger partial charge is 0.262 e. The van der Waals surface area contributed by atoms with Gasteiger partial charge in [0.1, 0.15) is 16.5 Å². The molecule has 1 N–H and O–H groups in total. The van der Waals surface area contributed by atoms with Gasteiger partial charge in [0.15, 0.2) is 0 Å². The van der Waals surface area contributed by atoms with Crippen LogP contribution in [0.15, 0.2) is 71.5 Å². The molecule has 0 spiro atoms. The SMILES string of the molecule is CCc1ccc(-c2c(C(=O)NCCCc3ccco3)sc3c2cnc2ccc(F)cc23)cc1. The topological polar surface area (TPSA) is 55.1 Å². The van der Waals surface area contributed by atoms with Crippen molar-refractivity contribution >= 4 is 38.2 Å². The van der Waals surface area contributed by atoms with E-state index >= 15 is 0 Å². The highest BCUT2D eigenvalue weighted by molar-refractivity contribution is 7.22. The van der Waals surface area contributed by atoms with Gasteiger partial charge in [-0.1, -0.05) is 31.2 Å². The molecule has 0 bridgehead atoms. The molecule has 2 aromatic carbocycles. The van der Waals surface area contributed by atoms with Gasteiger partial charge in [-0.2, -0.15) is 0 Å². The number of nitrogens with zero attached hydrogens (tertiary/aromatic N) is 1. The van der Waals surface area contributed by atoms with Gasteiger partial charge in [0.2, 0.25) is 0 Å². The van der Waals surface area contributed by atoms with Crippen LogP contribution in [0.2, 0.25) is 0 Å². The Labute approximate surface area is 195 Å². The number of benzene rings is 2. The van der Waals surface area contributed by atoms with Gasteiger partial charge >= 0.3 is 0 Å². The summed E-state index contributed by atoms with van der Waals surface area (Å²) in [5.41, 5.74) is 3.74. The van der Waals surface area contributed by atoms with Gasteiger partial charge < -0.3 is 9.73 Å². The molecule has 5 aromatic rings. The molecule has 0 aliphatic heterocycles. The van der Waals surface area contributed by atoms with E-state index in [4.69, 9.17) is 4.42 Å². The normalized spacial score (nSPS) is 11.3. The number of aromatic nitrogens is 1. The van der Waals surface area contributed by atoms with E-state index in [9.17, 15) is 9.18 Å². The summed E-state index contributed by atoms with van der Waals surface area (Å²) >= 11 is 1.39. The summed E-state index contributed by atoms with van der Waals surface area (Å²) in [4.78, 5) is 18.4. The Morgan fingerprint density at radius 3 is 2.73 bits per heavy atom. The lowest BCUT2D eigenvalue weighted by atomic mass is 9.99. The number of aryl methyl sites for hydroxylation is 2. The fourth-order valence-corrected chi connectivity index (χ4v) is 5.29. The predicted octanol–water partition coefficient (Wildman–Crippen LogP) is 6.77. The zero-order valence-corrected chi connectivity index (χ0v) is 19.0. The van der Waals surface area contributed by atoms with Gasteiger partial charge in [0, 0.05) is 40.2 Å². The quantitative estimate of drug-likeness (QED) is 0.274. The monoisotopic (exact) mass is 458 g/mol. The number of nitrogens with one attached hydrogen (secondary N) is 1. The molecule has 5 rings (SSSR count). The standard InChI is InChI=1S/C27H23FN2O2S/c1-2-17-7-9-18(10-8-17)24-22-16-30-23-12-11-19(28)15-21(23)25(22)33-26(24)27(31)29-13-3-5-20-6-4-14-32-20/h4,6-12,14-16H,2-3,5,13H2,1H3,(H,29,31). The molecule has 0 aliphatic carbocycles. The Balaban J connectivity index is 1.54. The molecule has 0 unspecified atom stereocenters. The van der Waals surface area contributed by atoms with Crippen LogP contribution in [0.4, 0.5) is 4.39 Å². The van der Waals surface area contributed by atoms with Gasteiger partial charge in [0.05, 0.1) is 11.8 Å². The molecule has 0 radical (unpaired) electrons. The summed E-state index contributed by atoms with van der Waals surface area (Å²) in [6.45, 7) is 2.65. The van der Waals surface area contributed by atoms with Crippen molar-refractivity contribution in [3.05, 3.63) is 89.1 Å². The summed E-state index contributed by atoms with van der Waals surface area (Å²) in [6.07, 6.45) is 5.93. The number of hydrogen-bond acceptors (Lipinski definition) is 4. The lowest BCUT2D eigenvalue weighted by molar-refractivity contribution is 0.0957. The van der Waals surface area contributed by atoms with Crippen molar-refractivity contribution in [1.82, 2.24) is 10.3 Å². The summed E-state index contributed by atoms with van der Waals surface area (Å²) < 4.78 is 20.3. The van der Waals surface area contributed by atoms with E-state index in [1.54, 1.807) is 18.5 Å².